The van der Waals surface area contributed by atoms with Gasteiger partial charge in [0.25, 0.3) is 0 Å². The normalized spacial score (nSPS) is 17.3. The number of allylic oxidation sites excluding steroid dienone is 2. The van der Waals surface area contributed by atoms with E-state index in [1.54, 1.807) is 6.07 Å². The van der Waals surface area contributed by atoms with Crippen LogP contribution in [0, 0.1) is 0 Å². The third-order valence-electron chi connectivity index (χ3n) is 4.07. The second kappa shape index (κ2) is 8.05. The highest BCUT2D eigenvalue weighted by Gasteiger charge is 2.26. The van der Waals surface area contributed by atoms with Crippen LogP contribution in [0.4, 0.5) is 0 Å². The first-order valence-corrected chi connectivity index (χ1v) is 9.63. The molecule has 0 fully saturated rings. The fourth-order valence-corrected chi connectivity index (χ4v) is 3.85. The molecule has 0 spiro atoms. The van der Waals surface area contributed by atoms with Crippen molar-refractivity contribution >= 4 is 57.7 Å². The van der Waals surface area contributed by atoms with Gasteiger partial charge >= 0.3 is 0 Å². The Kier molecular flexibility index (Phi) is 6.01. The van der Waals surface area contributed by atoms with E-state index in [4.69, 9.17) is 46.4 Å². The zero-order valence-electron chi connectivity index (χ0n) is 13.6. The monoisotopic (exact) mass is 411 g/mol. The lowest BCUT2D eigenvalue weighted by Crippen LogP contribution is -2.32. The Morgan fingerprint density at radius 1 is 0.960 bits per heavy atom. The molecule has 1 aliphatic rings. The summed E-state index contributed by atoms with van der Waals surface area (Å²) in [4.78, 5) is 2.17. The molecule has 2 aromatic rings. The molecule has 0 saturated carbocycles. The zero-order valence-corrected chi connectivity index (χ0v) is 16.7. The average molecular weight is 413 g/mol. The number of halogens is 4. The molecule has 130 valence electrons. The highest BCUT2D eigenvalue weighted by atomic mass is 35.5. The van der Waals surface area contributed by atoms with E-state index in [9.17, 15) is 0 Å². The van der Waals surface area contributed by atoms with Gasteiger partial charge in [0.05, 0.1) is 10.7 Å². The predicted molar refractivity (Wildman–Crippen MR) is 111 cm³/mol. The van der Waals surface area contributed by atoms with Crippen LogP contribution in [0.3, 0.4) is 0 Å². The molecule has 0 amide bonds. The number of rotatable bonds is 4. The lowest BCUT2D eigenvalue weighted by Gasteiger charge is -2.35. The lowest BCUT2D eigenvalue weighted by atomic mass is 9.95. The van der Waals surface area contributed by atoms with Crippen LogP contribution in [0.25, 0.3) is 11.3 Å². The van der Waals surface area contributed by atoms with E-state index in [1.807, 2.05) is 48.6 Å². The molecule has 3 rings (SSSR count). The van der Waals surface area contributed by atoms with Crippen molar-refractivity contribution in [1.29, 1.82) is 0 Å². The van der Waals surface area contributed by atoms with Crippen molar-refractivity contribution in [3.63, 3.8) is 0 Å². The van der Waals surface area contributed by atoms with Gasteiger partial charge in [-0.2, -0.15) is 0 Å². The van der Waals surface area contributed by atoms with Gasteiger partial charge in [-0.1, -0.05) is 71.5 Å². The molecule has 1 unspecified atom stereocenters. The number of nitrogens with zero attached hydrogens (tertiary/aromatic N) is 1. The minimum atomic E-state index is -0.224. The van der Waals surface area contributed by atoms with E-state index >= 15 is 0 Å². The standard InChI is InChI=1S/C20H17Cl4N/c1-2-11-25-19(24)10-9-16(13-3-5-14(21)6-4-13)20(25)17-8-7-15(22)12-18(17)23/h3-10,12,19H,2,11H2,1H3. The summed E-state index contributed by atoms with van der Waals surface area (Å²) in [7, 11) is 0. The third kappa shape index (κ3) is 4.01. The number of hydrogen-bond donors (Lipinski definition) is 0. The first-order chi connectivity index (χ1) is 12.0. The van der Waals surface area contributed by atoms with E-state index in [0.29, 0.717) is 15.1 Å². The van der Waals surface area contributed by atoms with Gasteiger partial charge in [0, 0.05) is 27.7 Å². The fraction of sp³-hybridized carbons (Fsp3) is 0.200. The molecular weight excluding hydrogens is 396 g/mol. The number of alkyl halides is 1. The van der Waals surface area contributed by atoms with Crippen molar-refractivity contribution in [1.82, 2.24) is 4.90 Å². The molecule has 0 aromatic heterocycles. The summed E-state index contributed by atoms with van der Waals surface area (Å²) < 4.78 is 0. The van der Waals surface area contributed by atoms with E-state index in [0.717, 1.165) is 35.4 Å². The smallest absolute Gasteiger partial charge is 0.123 e. The van der Waals surface area contributed by atoms with Crippen molar-refractivity contribution in [2.45, 2.75) is 18.8 Å². The Labute approximate surface area is 168 Å². The Bertz CT molecular complexity index is 824. The summed E-state index contributed by atoms with van der Waals surface area (Å²) in [6.45, 7) is 2.95. The molecule has 0 aliphatic carbocycles. The van der Waals surface area contributed by atoms with Crippen LogP contribution >= 0.6 is 46.4 Å². The molecule has 0 bridgehead atoms. The van der Waals surface area contributed by atoms with Crippen LogP contribution in [0.1, 0.15) is 24.5 Å². The molecule has 2 aromatic carbocycles. The summed E-state index contributed by atoms with van der Waals surface area (Å²) in [6, 6.07) is 13.3. The first kappa shape index (κ1) is 18.7. The van der Waals surface area contributed by atoms with Gasteiger partial charge in [0.15, 0.2) is 0 Å². The Balaban J connectivity index is 2.23. The maximum absolute atomic E-state index is 6.58. The predicted octanol–water partition coefficient (Wildman–Crippen LogP) is 7.36. The van der Waals surface area contributed by atoms with Gasteiger partial charge in [0.1, 0.15) is 5.50 Å². The summed E-state index contributed by atoms with van der Waals surface area (Å²) in [6.07, 6.45) is 5.02. The van der Waals surface area contributed by atoms with Gasteiger partial charge in [-0.3, -0.25) is 0 Å². The Morgan fingerprint density at radius 2 is 1.64 bits per heavy atom. The minimum absolute atomic E-state index is 0.224. The largest absolute Gasteiger partial charge is 0.351 e. The van der Waals surface area contributed by atoms with Crippen LogP contribution in [-0.2, 0) is 0 Å². The van der Waals surface area contributed by atoms with Crippen LogP contribution in [0.15, 0.2) is 54.6 Å². The zero-order chi connectivity index (χ0) is 18.0. The minimum Gasteiger partial charge on any atom is -0.351 e. The molecular formula is C20H17Cl4N. The molecule has 1 nitrogen and oxygen atoms in total. The van der Waals surface area contributed by atoms with Crippen molar-refractivity contribution < 1.29 is 0 Å². The maximum atomic E-state index is 6.58. The lowest BCUT2D eigenvalue weighted by molar-refractivity contribution is 0.405. The SMILES string of the molecule is CCCN1C(c2ccc(Cl)cc2Cl)=C(c2ccc(Cl)cc2)C=CC1Cl. The fourth-order valence-electron chi connectivity index (χ4n) is 2.96. The summed E-state index contributed by atoms with van der Waals surface area (Å²) in [5.74, 6) is 0. The molecule has 0 radical (unpaired) electrons. The number of benzene rings is 2. The van der Waals surface area contributed by atoms with Crippen molar-refractivity contribution in [3.8, 4) is 0 Å². The van der Waals surface area contributed by atoms with Crippen molar-refractivity contribution in [3.05, 3.63) is 80.8 Å². The summed E-state index contributed by atoms with van der Waals surface area (Å²) >= 11 is 25.2. The van der Waals surface area contributed by atoms with Gasteiger partial charge in [0.2, 0.25) is 0 Å². The topological polar surface area (TPSA) is 3.24 Å². The van der Waals surface area contributed by atoms with E-state index in [2.05, 4.69) is 11.8 Å². The highest BCUT2D eigenvalue weighted by Crippen LogP contribution is 2.40. The summed E-state index contributed by atoms with van der Waals surface area (Å²) in [5, 5.41) is 1.92. The number of hydrogen-bond acceptors (Lipinski definition) is 1. The van der Waals surface area contributed by atoms with Crippen LogP contribution < -0.4 is 0 Å². The molecule has 0 saturated heterocycles. The maximum Gasteiger partial charge on any atom is 0.123 e. The van der Waals surface area contributed by atoms with E-state index in [1.165, 1.54) is 0 Å². The quantitative estimate of drug-likeness (QED) is 0.374. The van der Waals surface area contributed by atoms with Crippen molar-refractivity contribution in [2.24, 2.45) is 0 Å². The molecule has 1 aliphatic heterocycles. The van der Waals surface area contributed by atoms with Gasteiger partial charge in [-0.15, -0.1) is 0 Å². The van der Waals surface area contributed by atoms with Gasteiger partial charge in [-0.05, 0) is 48.4 Å². The highest BCUT2D eigenvalue weighted by molar-refractivity contribution is 6.36. The average Bonchev–Trinajstić information content (AvgIpc) is 2.58. The second-order valence-electron chi connectivity index (χ2n) is 5.82. The third-order valence-corrected chi connectivity index (χ3v) is 5.25. The second-order valence-corrected chi connectivity index (χ2v) is 7.55. The van der Waals surface area contributed by atoms with Gasteiger partial charge in [-0.25, -0.2) is 0 Å². The van der Waals surface area contributed by atoms with Crippen LogP contribution in [0.5, 0.6) is 0 Å². The molecule has 0 N–H and O–H groups in total. The molecule has 1 atom stereocenters. The molecule has 5 heteroatoms. The molecule has 25 heavy (non-hydrogen) atoms. The van der Waals surface area contributed by atoms with E-state index in [-0.39, 0.29) is 5.50 Å². The molecule has 1 heterocycles. The van der Waals surface area contributed by atoms with E-state index < -0.39 is 0 Å². The van der Waals surface area contributed by atoms with Crippen LogP contribution in [-0.4, -0.2) is 16.9 Å². The van der Waals surface area contributed by atoms with Gasteiger partial charge < -0.3 is 4.90 Å². The summed E-state index contributed by atoms with van der Waals surface area (Å²) in [5.41, 5.74) is 3.82. The van der Waals surface area contributed by atoms with Crippen LogP contribution in [0.2, 0.25) is 15.1 Å². The first-order valence-electron chi connectivity index (χ1n) is 8.06. The Hall–Kier alpha value is -1.12. The van der Waals surface area contributed by atoms with Crippen molar-refractivity contribution in [2.75, 3.05) is 6.54 Å². The Morgan fingerprint density at radius 3 is 2.28 bits per heavy atom.